The molecule has 0 aliphatic carbocycles. The maximum Gasteiger partial charge on any atom is 0.245 e. The van der Waals surface area contributed by atoms with Gasteiger partial charge in [-0.15, -0.1) is 0 Å². The summed E-state index contributed by atoms with van der Waals surface area (Å²) in [7, 11) is 1.86. The molecule has 0 aliphatic heterocycles. The Hall–Kier alpha value is -1.36. The minimum Gasteiger partial charge on any atom is -0.387 e. The third kappa shape index (κ3) is 2.11. The number of carbonyl (C=O) groups excluding carboxylic acids is 1. The molecule has 0 saturated carbocycles. The van der Waals surface area contributed by atoms with E-state index in [-0.39, 0.29) is 5.91 Å². The van der Waals surface area contributed by atoms with Crippen LogP contribution in [-0.4, -0.2) is 27.4 Å². The second kappa shape index (κ2) is 4.23. The zero-order valence-corrected chi connectivity index (χ0v) is 8.66. The zero-order chi connectivity index (χ0) is 10.7. The number of carbonyl (C=O) groups is 1. The van der Waals surface area contributed by atoms with Crippen LogP contribution in [-0.2, 0) is 18.4 Å². The first-order valence-electron chi connectivity index (χ1n) is 4.43. The Bertz CT molecular complexity index is 344. The van der Waals surface area contributed by atoms with Crippen LogP contribution < -0.4 is 5.32 Å². The van der Waals surface area contributed by atoms with E-state index in [4.69, 9.17) is 5.11 Å². The molecule has 5 heteroatoms. The van der Waals surface area contributed by atoms with Crippen molar-refractivity contribution in [3.63, 3.8) is 0 Å². The van der Waals surface area contributed by atoms with Gasteiger partial charge in [0.05, 0.1) is 5.69 Å². The highest BCUT2D eigenvalue weighted by molar-refractivity contribution is 5.76. The van der Waals surface area contributed by atoms with E-state index in [9.17, 15) is 4.79 Å². The molecular formula is C9H15N3O2. The number of nitrogens with zero attached hydrogens (tertiary/aromatic N) is 2. The predicted molar refractivity (Wildman–Crippen MR) is 51.6 cm³/mol. The topological polar surface area (TPSA) is 67.2 Å². The van der Waals surface area contributed by atoms with Crippen molar-refractivity contribution in [2.24, 2.45) is 7.05 Å². The highest BCUT2D eigenvalue weighted by atomic mass is 16.3. The molecule has 1 rings (SSSR count). The minimum absolute atomic E-state index is 0.368. The van der Waals surface area contributed by atoms with Crippen LogP contribution >= 0.6 is 0 Å². The lowest BCUT2D eigenvalue weighted by atomic mass is 10.2. The van der Waals surface area contributed by atoms with Crippen LogP contribution in [0.5, 0.6) is 0 Å². The Morgan fingerprint density at radius 3 is 2.64 bits per heavy atom. The Morgan fingerprint density at radius 1 is 1.57 bits per heavy atom. The Kier molecular flexibility index (Phi) is 3.24. The second-order valence-corrected chi connectivity index (χ2v) is 3.21. The summed E-state index contributed by atoms with van der Waals surface area (Å²) in [5.74, 6) is -0.368. The lowest BCUT2D eigenvalue weighted by Gasteiger charge is -2.03. The molecule has 5 nitrogen and oxygen atoms in total. The van der Waals surface area contributed by atoms with Crippen LogP contribution in [0.25, 0.3) is 0 Å². The van der Waals surface area contributed by atoms with E-state index >= 15 is 0 Å². The van der Waals surface area contributed by atoms with E-state index in [0.717, 1.165) is 17.0 Å². The molecule has 14 heavy (non-hydrogen) atoms. The number of aliphatic hydroxyl groups excluding tert-OH is 1. The van der Waals surface area contributed by atoms with E-state index in [2.05, 4.69) is 10.4 Å². The molecule has 0 spiro atoms. The number of hydrogen-bond acceptors (Lipinski definition) is 3. The average molecular weight is 197 g/mol. The third-order valence-corrected chi connectivity index (χ3v) is 2.26. The Balaban J connectivity index is 2.71. The maximum absolute atomic E-state index is 10.8. The van der Waals surface area contributed by atoms with Crippen molar-refractivity contribution >= 4 is 5.91 Å². The van der Waals surface area contributed by atoms with Crippen molar-refractivity contribution < 1.29 is 9.90 Å². The van der Waals surface area contributed by atoms with Crippen LogP contribution in [0.1, 0.15) is 17.0 Å². The highest BCUT2D eigenvalue weighted by Gasteiger charge is 2.09. The first kappa shape index (κ1) is 10.7. The molecule has 0 radical (unpaired) electrons. The van der Waals surface area contributed by atoms with Gasteiger partial charge in [0, 0.05) is 24.8 Å². The maximum atomic E-state index is 10.8. The van der Waals surface area contributed by atoms with Gasteiger partial charge in [0.25, 0.3) is 0 Å². The third-order valence-electron chi connectivity index (χ3n) is 2.26. The molecule has 78 valence electrons. The predicted octanol–water partition coefficient (Wildman–Crippen LogP) is -0.355. The van der Waals surface area contributed by atoms with Gasteiger partial charge in [-0.2, -0.15) is 5.10 Å². The number of nitrogens with one attached hydrogen (secondary N) is 1. The molecule has 0 aromatic carbocycles. The molecule has 0 fully saturated rings. The van der Waals surface area contributed by atoms with Crippen molar-refractivity contribution in [1.29, 1.82) is 0 Å². The SMILES string of the molecule is Cc1nn(C)c(C)c1CNC(=O)CO. The Morgan fingerprint density at radius 2 is 2.21 bits per heavy atom. The second-order valence-electron chi connectivity index (χ2n) is 3.21. The summed E-state index contributed by atoms with van der Waals surface area (Å²) >= 11 is 0. The van der Waals surface area contributed by atoms with Crippen LogP contribution in [0.3, 0.4) is 0 Å². The fraction of sp³-hybridized carbons (Fsp3) is 0.556. The highest BCUT2D eigenvalue weighted by Crippen LogP contribution is 2.10. The molecule has 0 atom stereocenters. The van der Waals surface area contributed by atoms with Crippen LogP contribution in [0, 0.1) is 13.8 Å². The van der Waals surface area contributed by atoms with Crippen molar-refractivity contribution in [1.82, 2.24) is 15.1 Å². The zero-order valence-electron chi connectivity index (χ0n) is 8.66. The van der Waals surface area contributed by atoms with Crippen LogP contribution in [0.4, 0.5) is 0 Å². The number of amides is 1. The molecule has 2 N–H and O–H groups in total. The van der Waals surface area contributed by atoms with E-state index in [1.54, 1.807) is 4.68 Å². The number of aliphatic hydroxyl groups is 1. The summed E-state index contributed by atoms with van der Waals surface area (Å²) in [6.45, 7) is 3.79. The van der Waals surface area contributed by atoms with E-state index in [0.29, 0.717) is 6.54 Å². The van der Waals surface area contributed by atoms with Crippen molar-refractivity contribution in [2.75, 3.05) is 6.61 Å². The monoisotopic (exact) mass is 197 g/mol. The van der Waals surface area contributed by atoms with Gasteiger partial charge in [-0.3, -0.25) is 9.48 Å². The molecular weight excluding hydrogens is 182 g/mol. The lowest BCUT2D eigenvalue weighted by molar-refractivity contribution is -0.123. The van der Waals surface area contributed by atoms with Gasteiger partial charge in [-0.1, -0.05) is 0 Å². The fourth-order valence-electron chi connectivity index (χ4n) is 1.32. The molecule has 0 aliphatic rings. The molecule has 1 aromatic heterocycles. The van der Waals surface area contributed by atoms with Gasteiger partial charge in [0.2, 0.25) is 5.91 Å². The first-order chi connectivity index (χ1) is 6.56. The standard InChI is InChI=1S/C9H15N3O2/c1-6-8(4-10-9(14)5-13)7(2)12(3)11-6/h13H,4-5H2,1-3H3,(H,10,14). The van der Waals surface area contributed by atoms with E-state index < -0.39 is 6.61 Å². The summed E-state index contributed by atoms with van der Waals surface area (Å²) in [4.78, 5) is 10.8. The molecule has 0 bridgehead atoms. The smallest absolute Gasteiger partial charge is 0.245 e. The van der Waals surface area contributed by atoms with Gasteiger partial charge >= 0.3 is 0 Å². The van der Waals surface area contributed by atoms with Gasteiger partial charge in [-0.05, 0) is 13.8 Å². The molecule has 0 saturated heterocycles. The Labute approximate surface area is 82.7 Å². The quantitative estimate of drug-likeness (QED) is 0.695. The normalized spacial score (nSPS) is 10.3. The van der Waals surface area contributed by atoms with Crippen molar-refractivity contribution in [2.45, 2.75) is 20.4 Å². The van der Waals surface area contributed by atoms with E-state index in [1.807, 2.05) is 20.9 Å². The van der Waals surface area contributed by atoms with Crippen molar-refractivity contribution in [3.05, 3.63) is 17.0 Å². The summed E-state index contributed by atoms with van der Waals surface area (Å²) in [5.41, 5.74) is 2.94. The number of aryl methyl sites for hydroxylation is 2. The largest absolute Gasteiger partial charge is 0.387 e. The molecule has 1 amide bonds. The van der Waals surface area contributed by atoms with Gasteiger partial charge in [0.15, 0.2) is 0 Å². The van der Waals surface area contributed by atoms with Gasteiger partial charge < -0.3 is 10.4 Å². The fourth-order valence-corrected chi connectivity index (χ4v) is 1.32. The van der Waals surface area contributed by atoms with Crippen molar-refractivity contribution in [3.8, 4) is 0 Å². The minimum atomic E-state index is -0.474. The first-order valence-corrected chi connectivity index (χ1v) is 4.43. The van der Waals surface area contributed by atoms with Crippen LogP contribution in [0.15, 0.2) is 0 Å². The van der Waals surface area contributed by atoms with Gasteiger partial charge in [0.1, 0.15) is 6.61 Å². The number of aromatic nitrogens is 2. The molecule has 1 heterocycles. The molecule has 0 unspecified atom stereocenters. The average Bonchev–Trinajstić information content (AvgIpc) is 2.39. The lowest BCUT2D eigenvalue weighted by Crippen LogP contribution is -2.26. The molecule has 1 aromatic rings. The summed E-state index contributed by atoms with van der Waals surface area (Å²) in [6, 6.07) is 0. The summed E-state index contributed by atoms with van der Waals surface area (Å²) in [5, 5.41) is 15.3. The van der Waals surface area contributed by atoms with Gasteiger partial charge in [-0.25, -0.2) is 0 Å². The number of hydrogen-bond donors (Lipinski definition) is 2. The summed E-state index contributed by atoms with van der Waals surface area (Å²) < 4.78 is 1.77. The van der Waals surface area contributed by atoms with Crippen LogP contribution in [0.2, 0.25) is 0 Å². The summed E-state index contributed by atoms with van der Waals surface area (Å²) in [6.07, 6.45) is 0. The number of rotatable bonds is 3. The van der Waals surface area contributed by atoms with E-state index in [1.165, 1.54) is 0 Å².